The molecule has 0 amide bonds. The Morgan fingerprint density at radius 1 is 0.880 bits per heavy atom. The van der Waals surface area contributed by atoms with Gasteiger partial charge in [-0.15, -0.1) is 0 Å². The maximum atomic E-state index is 3.32. The number of rotatable bonds is 4. The first kappa shape index (κ1) is 18.0. The first-order chi connectivity index (χ1) is 11.8. The third-order valence-electron chi connectivity index (χ3n) is 4.70. The van der Waals surface area contributed by atoms with Gasteiger partial charge in [-0.2, -0.15) is 0 Å². The summed E-state index contributed by atoms with van der Waals surface area (Å²) in [6.07, 6.45) is 2.24. The normalized spacial score (nSPS) is 11.7. The van der Waals surface area contributed by atoms with Crippen LogP contribution in [0.15, 0.2) is 42.6 Å². The molecule has 2 aromatic heterocycles. The van der Waals surface area contributed by atoms with Crippen molar-refractivity contribution in [2.45, 2.75) is 39.5 Å². The fourth-order valence-electron chi connectivity index (χ4n) is 3.42. The molecule has 4 heteroatoms. The van der Waals surface area contributed by atoms with Crippen LogP contribution in [0, 0.1) is 4.32 Å². The summed E-state index contributed by atoms with van der Waals surface area (Å²) in [6, 6.07) is 13.1. The predicted octanol–water partition coefficient (Wildman–Crippen LogP) is 4.74. The van der Waals surface area contributed by atoms with Gasteiger partial charge in [-0.25, -0.2) is 0 Å². The Morgan fingerprint density at radius 3 is 1.96 bits per heavy atom. The standard InChI is InChI=1S/C21H27N3Se/c1-14(2)17-10-8-11-18(15(3)4)20(17)23-13-16-9-7-12-19(22(5)6)24(16)21(23)25/h7-15H,1-6H3. The maximum absolute atomic E-state index is 3.32. The van der Waals surface area contributed by atoms with Crippen molar-refractivity contribution < 1.29 is 0 Å². The molecule has 0 unspecified atom stereocenters. The number of nitrogens with zero attached hydrogens (tertiary/aromatic N) is 3. The molecule has 0 bridgehead atoms. The van der Waals surface area contributed by atoms with E-state index in [0.29, 0.717) is 11.8 Å². The Morgan fingerprint density at radius 2 is 1.44 bits per heavy atom. The average molecular weight is 400 g/mol. The van der Waals surface area contributed by atoms with E-state index < -0.39 is 0 Å². The van der Waals surface area contributed by atoms with Gasteiger partial charge in [-0.3, -0.25) is 0 Å². The van der Waals surface area contributed by atoms with E-state index in [2.05, 4.69) is 114 Å². The van der Waals surface area contributed by atoms with Crippen LogP contribution < -0.4 is 4.90 Å². The number of hydrogen-bond acceptors (Lipinski definition) is 1. The molecule has 0 N–H and O–H groups in total. The first-order valence-corrected chi connectivity index (χ1v) is 9.72. The Kier molecular flexibility index (Phi) is 4.94. The first-order valence-electron chi connectivity index (χ1n) is 8.86. The van der Waals surface area contributed by atoms with Gasteiger partial charge in [-0.1, -0.05) is 0 Å². The van der Waals surface area contributed by atoms with Crippen LogP contribution in [-0.4, -0.2) is 38.6 Å². The van der Waals surface area contributed by atoms with Crippen LogP contribution in [0.5, 0.6) is 0 Å². The van der Waals surface area contributed by atoms with E-state index in [9.17, 15) is 0 Å². The van der Waals surface area contributed by atoms with Gasteiger partial charge < -0.3 is 0 Å². The van der Waals surface area contributed by atoms with Crippen molar-refractivity contribution in [3.63, 3.8) is 0 Å². The third-order valence-corrected chi connectivity index (χ3v) is 5.50. The summed E-state index contributed by atoms with van der Waals surface area (Å²) in [5.41, 5.74) is 5.27. The molecule has 0 spiro atoms. The number of anilines is 1. The van der Waals surface area contributed by atoms with Gasteiger partial charge in [0.2, 0.25) is 0 Å². The Labute approximate surface area is 158 Å². The molecule has 0 saturated carbocycles. The van der Waals surface area contributed by atoms with E-state index in [1.165, 1.54) is 22.3 Å². The van der Waals surface area contributed by atoms with E-state index >= 15 is 0 Å². The predicted molar refractivity (Wildman–Crippen MR) is 108 cm³/mol. The second kappa shape index (κ2) is 6.86. The fourth-order valence-corrected chi connectivity index (χ4v) is 4.14. The average Bonchev–Trinajstić information content (AvgIpc) is 2.90. The number of fused-ring (bicyclic) bond motifs is 1. The Hall–Kier alpha value is -1.77. The zero-order chi connectivity index (χ0) is 18.3. The number of benzene rings is 1. The Bertz CT molecular complexity index is 935. The topological polar surface area (TPSA) is 12.6 Å². The summed E-state index contributed by atoms with van der Waals surface area (Å²) in [5.74, 6) is 2.10. The molecule has 3 nitrogen and oxygen atoms in total. The van der Waals surface area contributed by atoms with Crippen LogP contribution in [0.4, 0.5) is 5.82 Å². The summed E-state index contributed by atoms with van der Waals surface area (Å²) in [4.78, 5) is 2.15. The van der Waals surface area contributed by atoms with Gasteiger partial charge >= 0.3 is 158 Å². The summed E-state index contributed by atoms with van der Waals surface area (Å²) in [6.45, 7) is 9.07. The van der Waals surface area contributed by atoms with Gasteiger partial charge in [0.25, 0.3) is 0 Å². The molecule has 0 aliphatic carbocycles. The summed E-state index contributed by atoms with van der Waals surface area (Å²) >= 11 is 3.32. The van der Waals surface area contributed by atoms with E-state index in [-0.39, 0.29) is 0 Å². The van der Waals surface area contributed by atoms with E-state index in [1.807, 2.05) is 0 Å². The van der Waals surface area contributed by atoms with Crippen molar-refractivity contribution >= 4 is 26.9 Å². The van der Waals surface area contributed by atoms with Crippen LogP contribution in [0.25, 0.3) is 11.2 Å². The number of aromatic nitrogens is 2. The molecule has 0 radical (unpaired) electrons. The van der Waals surface area contributed by atoms with Crippen LogP contribution in [0.1, 0.15) is 50.7 Å². The van der Waals surface area contributed by atoms with Gasteiger partial charge in [0, 0.05) is 0 Å². The number of pyridine rings is 1. The van der Waals surface area contributed by atoms with Crippen molar-refractivity contribution in [1.82, 2.24) is 8.97 Å². The monoisotopic (exact) mass is 401 g/mol. The molecule has 132 valence electrons. The van der Waals surface area contributed by atoms with Crippen LogP contribution in [0.2, 0.25) is 0 Å². The molecule has 0 aliphatic heterocycles. The molecule has 0 fully saturated rings. The van der Waals surface area contributed by atoms with E-state index in [1.54, 1.807) is 0 Å². The minimum absolute atomic E-state index is 0.469. The van der Waals surface area contributed by atoms with E-state index in [0.717, 1.165) is 10.1 Å². The van der Waals surface area contributed by atoms with Crippen molar-refractivity contribution in [3.05, 3.63) is 58.0 Å². The molecule has 1 aromatic carbocycles. The van der Waals surface area contributed by atoms with Crippen LogP contribution in [-0.2, 0) is 0 Å². The van der Waals surface area contributed by atoms with E-state index in [4.69, 9.17) is 0 Å². The fraction of sp³-hybridized carbons (Fsp3) is 0.381. The van der Waals surface area contributed by atoms with Crippen molar-refractivity contribution in [1.29, 1.82) is 0 Å². The van der Waals surface area contributed by atoms with Gasteiger partial charge in [0.15, 0.2) is 0 Å². The van der Waals surface area contributed by atoms with Gasteiger partial charge in [0.05, 0.1) is 0 Å². The van der Waals surface area contributed by atoms with Crippen molar-refractivity contribution in [2.75, 3.05) is 19.0 Å². The van der Waals surface area contributed by atoms with Crippen molar-refractivity contribution in [3.8, 4) is 5.69 Å². The quantitative estimate of drug-likeness (QED) is 0.576. The molecular formula is C21H27N3Se. The third kappa shape index (κ3) is 3.09. The number of para-hydroxylation sites is 1. The zero-order valence-corrected chi connectivity index (χ0v) is 17.7. The molecule has 2 heterocycles. The van der Waals surface area contributed by atoms with Crippen LogP contribution in [0.3, 0.4) is 0 Å². The summed E-state index contributed by atoms with van der Waals surface area (Å²) in [7, 11) is 4.17. The molecule has 0 aliphatic rings. The van der Waals surface area contributed by atoms with Gasteiger partial charge in [0.1, 0.15) is 0 Å². The zero-order valence-electron chi connectivity index (χ0n) is 15.9. The molecule has 25 heavy (non-hydrogen) atoms. The number of hydrogen-bond donors (Lipinski definition) is 0. The number of imidazole rings is 1. The summed E-state index contributed by atoms with van der Waals surface area (Å²) < 4.78 is 5.71. The van der Waals surface area contributed by atoms with Crippen LogP contribution >= 0.6 is 0 Å². The molecular weight excluding hydrogens is 373 g/mol. The molecule has 0 atom stereocenters. The molecule has 0 saturated heterocycles. The van der Waals surface area contributed by atoms with Gasteiger partial charge in [-0.05, 0) is 0 Å². The second-order valence-corrected chi connectivity index (χ2v) is 8.18. The minimum atomic E-state index is 0.469. The van der Waals surface area contributed by atoms with Crippen molar-refractivity contribution in [2.24, 2.45) is 0 Å². The summed E-state index contributed by atoms with van der Waals surface area (Å²) in [5, 5.41) is 0. The molecule has 3 rings (SSSR count). The Balaban J connectivity index is 2.41. The SMILES string of the molecule is CC(C)c1cccc(C(C)C)c1-n1cc2cccc(N(C)C)n2c1=[Se]. The molecule has 3 aromatic rings. The second-order valence-electron chi connectivity index (χ2n) is 7.41.